The van der Waals surface area contributed by atoms with Crippen molar-refractivity contribution in [2.45, 2.75) is 123 Å². The maximum absolute atomic E-state index is 11.0. The zero-order valence-electron chi connectivity index (χ0n) is 23.5. The molecule has 0 aliphatic carbocycles. The monoisotopic (exact) mass is 666 g/mol. The lowest BCUT2D eigenvalue weighted by Crippen LogP contribution is -2.65. The lowest BCUT2D eigenvalue weighted by Gasteiger charge is -2.47. The lowest BCUT2D eigenvalue weighted by atomic mass is 9.96. The average Bonchev–Trinajstić information content (AvgIpc) is 3.03. The number of ether oxygens (including phenoxy) is 7. The molecule has 0 aromatic rings. The maximum Gasteiger partial charge on any atom is 0.187 e. The fraction of sp³-hybridized carbons (Fsp3) is 1.00. The molecule has 21 nitrogen and oxygen atoms in total. The molecule has 4 aliphatic heterocycles. The van der Waals surface area contributed by atoms with Crippen LogP contribution in [0.3, 0.4) is 0 Å². The van der Waals surface area contributed by atoms with Crippen LogP contribution in [0.4, 0.5) is 0 Å². The third-order valence-electron chi connectivity index (χ3n) is 8.17. The third kappa shape index (κ3) is 7.75. The van der Waals surface area contributed by atoms with Crippen molar-refractivity contribution in [2.24, 2.45) is 0 Å². The minimum absolute atomic E-state index is 0.686. The Balaban J connectivity index is 1.51. The Morgan fingerprint density at radius 2 is 0.778 bits per heavy atom. The zero-order chi connectivity index (χ0) is 33.3. The molecule has 0 bridgehead atoms. The average molecular weight is 667 g/mol. The van der Waals surface area contributed by atoms with E-state index < -0.39 is 149 Å². The summed E-state index contributed by atoms with van der Waals surface area (Å²) in [5, 5.41) is 141. The van der Waals surface area contributed by atoms with E-state index in [1.54, 1.807) is 0 Å². The largest absolute Gasteiger partial charge is 0.394 e. The summed E-state index contributed by atoms with van der Waals surface area (Å²) in [6, 6.07) is 0. The van der Waals surface area contributed by atoms with Crippen LogP contribution in [-0.2, 0) is 33.2 Å². The van der Waals surface area contributed by atoms with Crippen molar-refractivity contribution < 1.29 is 105 Å². The van der Waals surface area contributed by atoms with Gasteiger partial charge < -0.3 is 105 Å². The van der Waals surface area contributed by atoms with Crippen LogP contribution in [0.2, 0.25) is 0 Å². The number of hydrogen-bond donors (Lipinski definition) is 14. The molecule has 0 radical (unpaired) electrons. The van der Waals surface area contributed by atoms with Gasteiger partial charge in [-0.2, -0.15) is 0 Å². The van der Waals surface area contributed by atoms with E-state index >= 15 is 0 Å². The Morgan fingerprint density at radius 1 is 0.378 bits per heavy atom. The molecular weight excluding hydrogens is 624 g/mol. The van der Waals surface area contributed by atoms with Gasteiger partial charge in [0.1, 0.15) is 97.7 Å². The van der Waals surface area contributed by atoms with Gasteiger partial charge in [-0.1, -0.05) is 0 Å². The molecule has 0 spiro atoms. The number of aliphatic hydroxyl groups is 14. The van der Waals surface area contributed by atoms with Gasteiger partial charge in [-0.05, 0) is 0 Å². The maximum atomic E-state index is 11.0. The first kappa shape index (κ1) is 37.0. The predicted molar refractivity (Wildman–Crippen MR) is 134 cm³/mol. The summed E-state index contributed by atoms with van der Waals surface area (Å²) in [4.78, 5) is 0. The van der Waals surface area contributed by atoms with Crippen molar-refractivity contribution in [1.82, 2.24) is 0 Å². The van der Waals surface area contributed by atoms with E-state index in [-0.39, 0.29) is 0 Å². The molecule has 0 amide bonds. The molecule has 20 atom stereocenters. The van der Waals surface area contributed by atoms with Crippen LogP contribution >= 0.6 is 0 Å². The minimum Gasteiger partial charge on any atom is -0.394 e. The molecule has 0 aromatic carbocycles. The van der Waals surface area contributed by atoms with E-state index in [0.717, 1.165) is 0 Å². The molecule has 0 unspecified atom stereocenters. The molecule has 4 saturated heterocycles. The highest BCUT2D eigenvalue weighted by Gasteiger charge is 2.52. The summed E-state index contributed by atoms with van der Waals surface area (Å²) >= 11 is 0. The van der Waals surface area contributed by atoms with Gasteiger partial charge in [0, 0.05) is 0 Å². The molecule has 0 saturated carbocycles. The van der Waals surface area contributed by atoms with Crippen molar-refractivity contribution >= 4 is 0 Å². The van der Waals surface area contributed by atoms with Gasteiger partial charge in [-0.3, -0.25) is 0 Å². The Bertz CT molecular complexity index is 914. The van der Waals surface area contributed by atoms with E-state index in [0.29, 0.717) is 0 Å². The first-order chi connectivity index (χ1) is 21.2. The second kappa shape index (κ2) is 15.6. The van der Waals surface area contributed by atoms with Crippen LogP contribution in [0.25, 0.3) is 0 Å². The van der Waals surface area contributed by atoms with E-state index in [4.69, 9.17) is 33.2 Å². The molecule has 264 valence electrons. The summed E-state index contributed by atoms with van der Waals surface area (Å²) in [6.07, 6.45) is -35.0. The molecule has 14 N–H and O–H groups in total. The van der Waals surface area contributed by atoms with Gasteiger partial charge in [-0.25, -0.2) is 0 Å². The molecule has 4 aliphatic rings. The number of aliphatic hydroxyl groups excluding tert-OH is 14. The summed E-state index contributed by atoms with van der Waals surface area (Å²) in [5.74, 6) is 0. The van der Waals surface area contributed by atoms with Crippen LogP contribution in [0.15, 0.2) is 0 Å². The summed E-state index contributed by atoms with van der Waals surface area (Å²) in [6.45, 7) is -2.99. The summed E-state index contributed by atoms with van der Waals surface area (Å²) < 4.78 is 37.9. The molecule has 4 heterocycles. The van der Waals surface area contributed by atoms with Crippen LogP contribution < -0.4 is 0 Å². The zero-order valence-corrected chi connectivity index (χ0v) is 23.5. The normalized spacial score (nSPS) is 52.9. The van der Waals surface area contributed by atoms with Crippen LogP contribution in [0, 0.1) is 0 Å². The first-order valence-corrected chi connectivity index (χ1v) is 14.1. The predicted octanol–water partition coefficient (Wildman–Crippen LogP) is -9.75. The molecule has 0 aromatic heterocycles. The Hall–Kier alpha value is -0.840. The van der Waals surface area contributed by atoms with Crippen molar-refractivity contribution in [2.75, 3.05) is 26.4 Å². The van der Waals surface area contributed by atoms with E-state index in [1.807, 2.05) is 0 Å². The smallest absolute Gasteiger partial charge is 0.187 e. The quantitative estimate of drug-likeness (QED) is 0.103. The molecule has 45 heavy (non-hydrogen) atoms. The Morgan fingerprint density at radius 3 is 1.31 bits per heavy atom. The van der Waals surface area contributed by atoms with Crippen LogP contribution in [-0.4, -0.2) is 221 Å². The molecule has 4 rings (SSSR count). The van der Waals surface area contributed by atoms with Crippen molar-refractivity contribution in [3.8, 4) is 0 Å². The second-order valence-corrected chi connectivity index (χ2v) is 11.2. The van der Waals surface area contributed by atoms with Crippen LogP contribution in [0.5, 0.6) is 0 Å². The van der Waals surface area contributed by atoms with Crippen molar-refractivity contribution in [3.63, 3.8) is 0 Å². The fourth-order valence-corrected chi connectivity index (χ4v) is 5.33. The fourth-order valence-electron chi connectivity index (χ4n) is 5.33. The minimum atomic E-state index is -1.98. The van der Waals surface area contributed by atoms with Crippen molar-refractivity contribution in [1.29, 1.82) is 0 Å². The lowest BCUT2D eigenvalue weighted by molar-refractivity contribution is -0.370. The SMILES string of the molecule is OC[C@H]1O[C@H](OC[C@H]2O[C@@H](OC[C@H]3O[C@@H](O)[C@H](O)[C@@H](O)[C@H]3O)[C@H](O)[C@@H](O)[C@H]2O[C@H]2O[C@H](CO)[C@@H](O)[C@H](O)[C@@H]2O)[C@H](O)[C@@H](O)[C@H]1O. The first-order valence-electron chi connectivity index (χ1n) is 14.1. The highest BCUT2D eigenvalue weighted by molar-refractivity contribution is 4.96. The van der Waals surface area contributed by atoms with Crippen molar-refractivity contribution in [3.05, 3.63) is 0 Å². The van der Waals surface area contributed by atoms with Gasteiger partial charge >= 0.3 is 0 Å². The highest BCUT2D eigenvalue weighted by atomic mass is 16.8. The van der Waals surface area contributed by atoms with Gasteiger partial charge in [-0.15, -0.1) is 0 Å². The van der Waals surface area contributed by atoms with E-state index in [1.165, 1.54) is 0 Å². The summed E-state index contributed by atoms with van der Waals surface area (Å²) in [5.41, 5.74) is 0. The number of hydrogen-bond acceptors (Lipinski definition) is 21. The molecule has 4 fully saturated rings. The Kier molecular flexibility index (Phi) is 12.8. The second-order valence-electron chi connectivity index (χ2n) is 11.2. The van der Waals surface area contributed by atoms with E-state index in [9.17, 15) is 71.5 Å². The third-order valence-corrected chi connectivity index (χ3v) is 8.17. The van der Waals surface area contributed by atoms with Crippen LogP contribution in [0.1, 0.15) is 0 Å². The highest BCUT2D eigenvalue weighted by Crippen LogP contribution is 2.31. The number of rotatable bonds is 10. The van der Waals surface area contributed by atoms with E-state index in [2.05, 4.69) is 0 Å². The topological polar surface area (TPSA) is 348 Å². The molecular formula is C24H42O21. The summed E-state index contributed by atoms with van der Waals surface area (Å²) in [7, 11) is 0. The van der Waals surface area contributed by atoms with Gasteiger partial charge in [0.05, 0.1) is 26.4 Å². The Labute approximate surface area is 254 Å². The van der Waals surface area contributed by atoms with Gasteiger partial charge in [0.2, 0.25) is 0 Å². The standard InChI is InChI=1S/C24H42O21/c25-1-5-9(27)13(31)17(35)22(42-5)40-4-8-20(45-24-18(36)14(32)10(28)6(2-26)43-24)15(33)19(37)23(44-8)39-3-7-11(29)12(30)16(34)21(38)41-7/h5-38H,1-4H2/t5-,6-,7-,8-,9+,10-,11+,12+,13+,14+,15-,16-,17-,18+,19-,20+,21-,22+,23-,24-/m1/s1. The van der Waals surface area contributed by atoms with Gasteiger partial charge in [0.25, 0.3) is 0 Å². The van der Waals surface area contributed by atoms with Gasteiger partial charge in [0.15, 0.2) is 25.2 Å². The molecule has 21 heteroatoms.